The Morgan fingerprint density at radius 1 is 1.29 bits per heavy atom. The average Bonchev–Trinajstić information content (AvgIpc) is 2.97. The van der Waals surface area contributed by atoms with Crippen molar-refractivity contribution in [1.29, 1.82) is 0 Å². The number of rotatable bonds is 3. The Morgan fingerprint density at radius 3 is 2.71 bits per heavy atom. The van der Waals surface area contributed by atoms with Gasteiger partial charge in [-0.15, -0.1) is 0 Å². The van der Waals surface area contributed by atoms with Gasteiger partial charge in [-0.3, -0.25) is 4.98 Å². The van der Waals surface area contributed by atoms with Gasteiger partial charge in [0.2, 0.25) is 0 Å². The number of halogens is 2. The molecule has 4 nitrogen and oxygen atoms in total. The number of likely N-dealkylation sites (N-methyl/N-ethyl adjacent to an activating group) is 1. The molecule has 0 bridgehead atoms. The highest BCUT2D eigenvalue weighted by Gasteiger charge is 2.26. The zero-order valence-electron chi connectivity index (χ0n) is 12.2. The van der Waals surface area contributed by atoms with Gasteiger partial charge in [-0.1, -0.05) is 30.1 Å². The summed E-state index contributed by atoms with van der Waals surface area (Å²) in [6, 6.07) is 4.12. The normalized spacial score (nSPS) is 18.9. The van der Waals surface area contributed by atoms with E-state index in [0.717, 1.165) is 42.9 Å². The minimum Gasteiger partial charge on any atom is -0.354 e. The van der Waals surface area contributed by atoms with Crippen LogP contribution in [0.1, 0.15) is 13.3 Å². The van der Waals surface area contributed by atoms with Gasteiger partial charge in [0.25, 0.3) is 0 Å². The van der Waals surface area contributed by atoms with Gasteiger partial charge in [0.1, 0.15) is 5.82 Å². The van der Waals surface area contributed by atoms with Crippen LogP contribution in [-0.2, 0) is 0 Å². The summed E-state index contributed by atoms with van der Waals surface area (Å²) in [5, 5.41) is 1.03. The van der Waals surface area contributed by atoms with Crippen molar-refractivity contribution >= 4 is 40.1 Å². The summed E-state index contributed by atoms with van der Waals surface area (Å²) in [5.74, 6) is 0.910. The molecule has 1 unspecified atom stereocenters. The quantitative estimate of drug-likeness (QED) is 0.865. The smallest absolute Gasteiger partial charge is 0.147 e. The SMILES string of the molecule is CCN(C)C1CCN(c2cnc3cc(Cl)c(Cl)cc3n2)C1. The molecule has 2 aromatic rings. The molecule has 2 heterocycles. The Labute approximate surface area is 134 Å². The van der Waals surface area contributed by atoms with Crippen molar-refractivity contribution < 1.29 is 0 Å². The lowest BCUT2D eigenvalue weighted by atomic mass is 10.2. The average molecular weight is 325 g/mol. The molecule has 6 heteroatoms. The predicted octanol–water partition coefficient (Wildman–Crippen LogP) is 3.47. The molecule has 0 radical (unpaired) electrons. The van der Waals surface area contributed by atoms with Gasteiger partial charge in [-0.2, -0.15) is 0 Å². The molecule has 1 aromatic carbocycles. The van der Waals surface area contributed by atoms with Crippen LogP contribution in [0.25, 0.3) is 11.0 Å². The van der Waals surface area contributed by atoms with Crippen molar-refractivity contribution in [2.75, 3.05) is 31.6 Å². The van der Waals surface area contributed by atoms with E-state index in [0.29, 0.717) is 16.1 Å². The van der Waals surface area contributed by atoms with E-state index in [2.05, 4.69) is 33.7 Å². The van der Waals surface area contributed by atoms with E-state index in [1.165, 1.54) is 0 Å². The topological polar surface area (TPSA) is 32.3 Å². The van der Waals surface area contributed by atoms with Gasteiger partial charge < -0.3 is 9.80 Å². The maximum Gasteiger partial charge on any atom is 0.147 e. The highest BCUT2D eigenvalue weighted by molar-refractivity contribution is 6.42. The van der Waals surface area contributed by atoms with E-state index < -0.39 is 0 Å². The molecular formula is C15H18Cl2N4. The molecule has 0 spiro atoms. The van der Waals surface area contributed by atoms with Crippen LogP contribution in [0.4, 0.5) is 5.82 Å². The second kappa shape index (κ2) is 5.95. The fourth-order valence-corrected chi connectivity index (χ4v) is 3.03. The lowest BCUT2D eigenvalue weighted by Gasteiger charge is -2.23. The van der Waals surface area contributed by atoms with Crippen molar-refractivity contribution in [2.45, 2.75) is 19.4 Å². The third kappa shape index (κ3) is 2.93. The molecule has 1 aliphatic heterocycles. The predicted molar refractivity (Wildman–Crippen MR) is 88.5 cm³/mol. The Balaban J connectivity index is 1.87. The molecule has 3 rings (SSSR count). The molecule has 1 aliphatic rings. The molecule has 1 fully saturated rings. The molecule has 1 aromatic heterocycles. The first kappa shape index (κ1) is 14.8. The number of hydrogen-bond donors (Lipinski definition) is 0. The zero-order chi connectivity index (χ0) is 15.0. The van der Waals surface area contributed by atoms with E-state index in [1.54, 1.807) is 12.1 Å². The van der Waals surface area contributed by atoms with Crippen LogP contribution in [-0.4, -0.2) is 47.6 Å². The molecule has 0 N–H and O–H groups in total. The number of fused-ring (bicyclic) bond motifs is 1. The standard InChI is InChI=1S/C15H18Cl2N4/c1-3-20(2)10-4-5-21(9-10)15-8-18-13-6-11(16)12(17)7-14(13)19-15/h6-8,10H,3-5,9H2,1-2H3. The van der Waals surface area contributed by atoms with Crippen molar-refractivity contribution in [1.82, 2.24) is 14.9 Å². The summed E-state index contributed by atoms with van der Waals surface area (Å²) in [6.07, 6.45) is 2.98. The molecular weight excluding hydrogens is 307 g/mol. The Hall–Kier alpha value is -1.10. The van der Waals surface area contributed by atoms with Crippen molar-refractivity contribution in [2.24, 2.45) is 0 Å². The van der Waals surface area contributed by atoms with Crippen molar-refractivity contribution in [3.05, 3.63) is 28.4 Å². The first-order valence-corrected chi connectivity index (χ1v) is 7.91. The van der Waals surface area contributed by atoms with Crippen LogP contribution in [0.2, 0.25) is 10.0 Å². The molecule has 0 saturated carbocycles. The van der Waals surface area contributed by atoms with Gasteiger partial charge in [0, 0.05) is 19.1 Å². The fraction of sp³-hybridized carbons (Fsp3) is 0.467. The van der Waals surface area contributed by atoms with Gasteiger partial charge in [0.05, 0.1) is 27.3 Å². The number of aromatic nitrogens is 2. The molecule has 21 heavy (non-hydrogen) atoms. The van der Waals surface area contributed by atoms with Crippen LogP contribution in [0, 0.1) is 0 Å². The lowest BCUT2D eigenvalue weighted by Crippen LogP contribution is -2.34. The first-order valence-electron chi connectivity index (χ1n) is 7.15. The largest absolute Gasteiger partial charge is 0.354 e. The maximum absolute atomic E-state index is 6.06. The molecule has 1 saturated heterocycles. The fourth-order valence-electron chi connectivity index (χ4n) is 2.72. The molecule has 1 atom stereocenters. The summed E-state index contributed by atoms with van der Waals surface area (Å²) in [4.78, 5) is 13.8. The summed E-state index contributed by atoms with van der Waals surface area (Å²) >= 11 is 12.1. The summed E-state index contributed by atoms with van der Waals surface area (Å²) in [5.41, 5.74) is 1.56. The molecule has 0 amide bonds. The van der Waals surface area contributed by atoms with Crippen molar-refractivity contribution in [3.8, 4) is 0 Å². The van der Waals surface area contributed by atoms with Gasteiger partial charge in [-0.05, 0) is 32.1 Å². The third-order valence-corrected chi connectivity index (χ3v) is 4.90. The van der Waals surface area contributed by atoms with E-state index in [9.17, 15) is 0 Å². The maximum atomic E-state index is 6.06. The molecule has 0 aliphatic carbocycles. The van der Waals surface area contributed by atoms with Crippen molar-refractivity contribution in [3.63, 3.8) is 0 Å². The Morgan fingerprint density at radius 2 is 2.00 bits per heavy atom. The van der Waals surface area contributed by atoms with E-state index >= 15 is 0 Å². The van der Waals surface area contributed by atoms with Gasteiger partial charge in [-0.25, -0.2) is 4.98 Å². The number of anilines is 1. The van der Waals surface area contributed by atoms with E-state index in [-0.39, 0.29) is 0 Å². The van der Waals surface area contributed by atoms with Gasteiger partial charge >= 0.3 is 0 Å². The minimum absolute atomic E-state index is 0.511. The highest BCUT2D eigenvalue weighted by Crippen LogP contribution is 2.28. The summed E-state index contributed by atoms with van der Waals surface area (Å²) in [6.45, 7) is 5.25. The summed E-state index contributed by atoms with van der Waals surface area (Å²) in [7, 11) is 2.17. The number of nitrogens with zero attached hydrogens (tertiary/aromatic N) is 4. The van der Waals surface area contributed by atoms with Crippen LogP contribution >= 0.6 is 23.2 Å². The van der Waals surface area contributed by atoms with Crippen LogP contribution in [0.5, 0.6) is 0 Å². The Kier molecular flexibility index (Phi) is 4.20. The zero-order valence-corrected chi connectivity index (χ0v) is 13.7. The highest BCUT2D eigenvalue weighted by atomic mass is 35.5. The van der Waals surface area contributed by atoms with Crippen LogP contribution in [0.15, 0.2) is 18.3 Å². The number of hydrogen-bond acceptors (Lipinski definition) is 4. The van der Waals surface area contributed by atoms with E-state index in [1.807, 2.05) is 6.20 Å². The van der Waals surface area contributed by atoms with Crippen LogP contribution < -0.4 is 4.90 Å². The third-order valence-electron chi connectivity index (χ3n) is 4.18. The summed E-state index contributed by atoms with van der Waals surface area (Å²) < 4.78 is 0. The van der Waals surface area contributed by atoms with Crippen LogP contribution in [0.3, 0.4) is 0 Å². The Bertz CT molecular complexity index is 661. The second-order valence-electron chi connectivity index (χ2n) is 5.44. The van der Waals surface area contributed by atoms with Gasteiger partial charge in [0.15, 0.2) is 0 Å². The monoisotopic (exact) mass is 324 g/mol. The lowest BCUT2D eigenvalue weighted by molar-refractivity contribution is 0.272. The first-order chi connectivity index (χ1) is 10.1. The number of benzene rings is 1. The molecule has 112 valence electrons. The second-order valence-corrected chi connectivity index (χ2v) is 6.26. The minimum atomic E-state index is 0.511. The van der Waals surface area contributed by atoms with E-state index in [4.69, 9.17) is 23.2 Å².